The summed E-state index contributed by atoms with van der Waals surface area (Å²) in [6, 6.07) is 7.53. The van der Waals surface area contributed by atoms with E-state index < -0.39 is 0 Å². The summed E-state index contributed by atoms with van der Waals surface area (Å²) in [6.45, 7) is 4.20. The van der Waals surface area contributed by atoms with Crippen molar-refractivity contribution in [2.24, 2.45) is 0 Å². The van der Waals surface area contributed by atoms with Crippen molar-refractivity contribution in [2.75, 3.05) is 0 Å². The summed E-state index contributed by atoms with van der Waals surface area (Å²) in [4.78, 5) is 0. The number of rotatable bonds is 5. The molecule has 0 bridgehead atoms. The molecule has 2 nitrogen and oxygen atoms in total. The fourth-order valence-electron chi connectivity index (χ4n) is 1.66. The Bertz CT molecular complexity index is 350. The third-order valence-corrected chi connectivity index (χ3v) is 2.62. The Hall–Kier alpha value is -1.46. The second-order valence-corrected chi connectivity index (χ2v) is 3.99. The summed E-state index contributed by atoms with van der Waals surface area (Å²) in [5.74, 6) is 3.04. The van der Waals surface area contributed by atoms with Gasteiger partial charge in [-0.15, -0.1) is 6.42 Å². The van der Waals surface area contributed by atoms with Crippen molar-refractivity contribution in [3.8, 4) is 18.1 Å². The van der Waals surface area contributed by atoms with Gasteiger partial charge in [0.15, 0.2) is 0 Å². The molecule has 1 rings (SSSR count). The van der Waals surface area contributed by atoms with E-state index in [0.717, 1.165) is 18.4 Å². The lowest BCUT2D eigenvalue weighted by molar-refractivity contribution is 0.472. The highest BCUT2D eigenvalue weighted by molar-refractivity contribution is 5.28. The van der Waals surface area contributed by atoms with Gasteiger partial charge in [-0.2, -0.15) is 0 Å². The summed E-state index contributed by atoms with van der Waals surface area (Å²) < 4.78 is 0. The molecule has 0 aliphatic heterocycles. The minimum absolute atomic E-state index is 0.119. The zero-order valence-electron chi connectivity index (χ0n) is 9.90. The second-order valence-electron chi connectivity index (χ2n) is 3.99. The van der Waals surface area contributed by atoms with Gasteiger partial charge in [0.1, 0.15) is 5.75 Å². The van der Waals surface area contributed by atoms with E-state index >= 15 is 0 Å². The average Bonchev–Trinajstić information content (AvgIpc) is 2.29. The van der Waals surface area contributed by atoms with Crippen molar-refractivity contribution < 1.29 is 5.11 Å². The third kappa shape index (κ3) is 3.60. The predicted molar refractivity (Wildman–Crippen MR) is 67.2 cm³/mol. The molecule has 0 heterocycles. The van der Waals surface area contributed by atoms with E-state index in [1.54, 1.807) is 12.1 Å². The molecule has 0 aromatic heterocycles. The smallest absolute Gasteiger partial charge is 0.115 e. The number of phenols is 1. The van der Waals surface area contributed by atoms with Crippen molar-refractivity contribution in [1.82, 2.24) is 5.32 Å². The van der Waals surface area contributed by atoms with Crippen LogP contribution in [-0.2, 0) is 0 Å². The van der Waals surface area contributed by atoms with Crippen LogP contribution in [0.1, 0.15) is 38.3 Å². The van der Waals surface area contributed by atoms with E-state index in [0.29, 0.717) is 0 Å². The van der Waals surface area contributed by atoms with Gasteiger partial charge in [0, 0.05) is 6.04 Å². The first-order chi connectivity index (χ1) is 7.67. The quantitative estimate of drug-likeness (QED) is 0.743. The van der Waals surface area contributed by atoms with Gasteiger partial charge in [0.05, 0.1) is 6.04 Å². The first-order valence-corrected chi connectivity index (χ1v) is 5.68. The molecule has 2 unspecified atom stereocenters. The van der Waals surface area contributed by atoms with Gasteiger partial charge < -0.3 is 5.11 Å². The molecule has 0 aliphatic rings. The SMILES string of the molecule is C#CC(CCC)NC(C)c1ccc(O)cc1. The molecule has 0 radical (unpaired) electrons. The molecule has 0 amide bonds. The number of benzene rings is 1. The molecular weight excluding hydrogens is 198 g/mol. The highest BCUT2D eigenvalue weighted by atomic mass is 16.3. The standard InChI is InChI=1S/C14H19NO/c1-4-6-13(5-2)15-11(3)12-7-9-14(16)10-8-12/h2,7-11,13,15-16H,4,6H2,1,3H3. The van der Waals surface area contributed by atoms with Gasteiger partial charge in [-0.3, -0.25) is 5.32 Å². The Morgan fingerprint density at radius 3 is 2.50 bits per heavy atom. The van der Waals surface area contributed by atoms with Gasteiger partial charge in [0.2, 0.25) is 0 Å². The van der Waals surface area contributed by atoms with Gasteiger partial charge in [-0.05, 0) is 31.0 Å². The minimum atomic E-state index is 0.119. The van der Waals surface area contributed by atoms with Crippen LogP contribution in [0.5, 0.6) is 5.75 Å². The van der Waals surface area contributed by atoms with Gasteiger partial charge in [-0.25, -0.2) is 0 Å². The van der Waals surface area contributed by atoms with Crippen molar-refractivity contribution in [1.29, 1.82) is 0 Å². The number of aromatic hydroxyl groups is 1. The van der Waals surface area contributed by atoms with Gasteiger partial charge in [-0.1, -0.05) is 31.4 Å². The number of hydrogen-bond acceptors (Lipinski definition) is 2. The Labute approximate surface area is 97.7 Å². The molecule has 16 heavy (non-hydrogen) atoms. The third-order valence-electron chi connectivity index (χ3n) is 2.62. The minimum Gasteiger partial charge on any atom is -0.508 e. The maximum Gasteiger partial charge on any atom is 0.115 e. The van der Waals surface area contributed by atoms with E-state index in [4.69, 9.17) is 6.42 Å². The van der Waals surface area contributed by atoms with Crippen molar-refractivity contribution in [3.63, 3.8) is 0 Å². The number of phenolic OH excluding ortho intramolecular Hbond substituents is 1. The van der Waals surface area contributed by atoms with Crippen LogP contribution in [0.4, 0.5) is 0 Å². The Balaban J connectivity index is 2.61. The Kier molecular flexibility index (Phi) is 4.88. The first kappa shape index (κ1) is 12.6. The first-order valence-electron chi connectivity index (χ1n) is 5.68. The van der Waals surface area contributed by atoms with Crippen molar-refractivity contribution in [2.45, 2.75) is 38.8 Å². The lowest BCUT2D eigenvalue weighted by atomic mass is 10.1. The van der Waals surface area contributed by atoms with Gasteiger partial charge in [0.25, 0.3) is 0 Å². The molecule has 2 heteroatoms. The second kappa shape index (κ2) is 6.19. The Morgan fingerprint density at radius 2 is 2.00 bits per heavy atom. The summed E-state index contributed by atoms with van der Waals surface area (Å²) in [5.41, 5.74) is 1.13. The van der Waals surface area contributed by atoms with Crippen LogP contribution in [0.3, 0.4) is 0 Å². The maximum atomic E-state index is 9.20. The molecule has 0 saturated carbocycles. The highest BCUT2D eigenvalue weighted by Crippen LogP contribution is 2.17. The number of hydrogen-bond donors (Lipinski definition) is 2. The monoisotopic (exact) mass is 217 g/mol. The highest BCUT2D eigenvalue weighted by Gasteiger charge is 2.10. The van der Waals surface area contributed by atoms with E-state index in [1.807, 2.05) is 12.1 Å². The van der Waals surface area contributed by atoms with Crippen molar-refractivity contribution >= 4 is 0 Å². The van der Waals surface area contributed by atoms with Gasteiger partial charge >= 0.3 is 0 Å². The van der Waals surface area contributed by atoms with Crippen LogP contribution < -0.4 is 5.32 Å². The fourth-order valence-corrected chi connectivity index (χ4v) is 1.66. The predicted octanol–water partition coefficient (Wildman–Crippen LogP) is 2.84. The van der Waals surface area contributed by atoms with Crippen LogP contribution >= 0.6 is 0 Å². The van der Waals surface area contributed by atoms with E-state index in [-0.39, 0.29) is 17.8 Å². The zero-order chi connectivity index (χ0) is 12.0. The molecule has 0 spiro atoms. The lowest BCUT2D eigenvalue weighted by Crippen LogP contribution is -2.30. The van der Waals surface area contributed by atoms with Crippen LogP contribution in [0.25, 0.3) is 0 Å². The lowest BCUT2D eigenvalue weighted by Gasteiger charge is -2.19. The molecule has 1 aromatic rings. The van der Waals surface area contributed by atoms with Crippen LogP contribution in [0, 0.1) is 12.3 Å². The van der Waals surface area contributed by atoms with E-state index in [2.05, 4.69) is 25.1 Å². The molecule has 86 valence electrons. The molecule has 0 aliphatic carbocycles. The Morgan fingerprint density at radius 1 is 1.38 bits per heavy atom. The van der Waals surface area contributed by atoms with Crippen molar-refractivity contribution in [3.05, 3.63) is 29.8 Å². The zero-order valence-corrected chi connectivity index (χ0v) is 9.90. The fraction of sp³-hybridized carbons (Fsp3) is 0.429. The summed E-state index contributed by atoms with van der Waals surface area (Å²) >= 11 is 0. The van der Waals surface area contributed by atoms with E-state index in [1.165, 1.54) is 0 Å². The van der Waals surface area contributed by atoms with Crippen LogP contribution in [0.2, 0.25) is 0 Å². The summed E-state index contributed by atoms with van der Waals surface area (Å²) in [5, 5.41) is 12.6. The maximum absolute atomic E-state index is 9.20. The number of nitrogens with one attached hydrogen (secondary N) is 1. The molecule has 2 atom stereocenters. The largest absolute Gasteiger partial charge is 0.508 e. The van der Waals surface area contributed by atoms with Crippen LogP contribution in [0.15, 0.2) is 24.3 Å². The molecule has 2 N–H and O–H groups in total. The molecule has 0 fully saturated rings. The molecule has 1 aromatic carbocycles. The molecular formula is C14H19NO. The average molecular weight is 217 g/mol. The molecule has 0 saturated heterocycles. The topological polar surface area (TPSA) is 32.3 Å². The summed E-state index contributed by atoms with van der Waals surface area (Å²) in [7, 11) is 0. The summed E-state index contributed by atoms with van der Waals surface area (Å²) in [6.07, 6.45) is 7.52. The number of terminal acetylenes is 1. The normalized spacial score (nSPS) is 14.1. The van der Waals surface area contributed by atoms with E-state index in [9.17, 15) is 5.11 Å². The van der Waals surface area contributed by atoms with Crippen LogP contribution in [-0.4, -0.2) is 11.1 Å².